The minimum Gasteiger partial charge on any atom is -0.465 e. The van der Waals surface area contributed by atoms with E-state index in [0.717, 1.165) is 16.2 Å². The SMILES string of the molecule is COC(=O)c1cn2cc(-c3cccnc3)nc2s1. The first kappa shape index (κ1) is 10.9. The molecule has 0 unspecified atom stereocenters. The highest BCUT2D eigenvalue weighted by atomic mass is 32.1. The third kappa shape index (κ3) is 1.76. The number of hydrogen-bond donors (Lipinski definition) is 0. The van der Waals surface area contributed by atoms with E-state index in [1.807, 2.05) is 22.7 Å². The fourth-order valence-corrected chi connectivity index (χ4v) is 2.53. The van der Waals surface area contributed by atoms with Crippen LogP contribution in [0, 0.1) is 0 Å². The number of ether oxygens (including phenoxy) is 1. The summed E-state index contributed by atoms with van der Waals surface area (Å²) in [7, 11) is 1.37. The summed E-state index contributed by atoms with van der Waals surface area (Å²) in [6, 6.07) is 3.81. The first-order chi connectivity index (χ1) is 8.78. The van der Waals surface area contributed by atoms with Crippen LogP contribution < -0.4 is 0 Å². The average molecular weight is 259 g/mol. The highest BCUT2D eigenvalue weighted by Gasteiger charge is 2.13. The normalized spacial score (nSPS) is 10.7. The van der Waals surface area contributed by atoms with Crippen LogP contribution in [-0.2, 0) is 4.74 Å². The van der Waals surface area contributed by atoms with Gasteiger partial charge in [-0.1, -0.05) is 11.3 Å². The third-order valence-electron chi connectivity index (χ3n) is 2.50. The fourth-order valence-electron chi connectivity index (χ4n) is 1.64. The average Bonchev–Trinajstić information content (AvgIpc) is 2.97. The monoisotopic (exact) mass is 259 g/mol. The molecule has 6 heteroatoms. The van der Waals surface area contributed by atoms with Gasteiger partial charge in [-0.3, -0.25) is 9.38 Å². The van der Waals surface area contributed by atoms with Crippen LogP contribution in [0.2, 0.25) is 0 Å². The number of rotatable bonds is 2. The molecule has 3 aromatic heterocycles. The number of methoxy groups -OCH3 is 1. The molecule has 0 aliphatic rings. The molecule has 0 N–H and O–H groups in total. The minimum atomic E-state index is -0.339. The number of hydrogen-bond acceptors (Lipinski definition) is 5. The molecular weight excluding hydrogens is 250 g/mol. The van der Waals surface area contributed by atoms with Gasteiger partial charge in [-0.05, 0) is 12.1 Å². The Bertz CT molecular complexity index is 671. The van der Waals surface area contributed by atoms with Crippen LogP contribution in [0.5, 0.6) is 0 Å². The van der Waals surface area contributed by atoms with E-state index in [9.17, 15) is 4.79 Å². The zero-order chi connectivity index (χ0) is 12.5. The number of fused-ring (bicyclic) bond motifs is 1. The first-order valence-electron chi connectivity index (χ1n) is 5.25. The van der Waals surface area contributed by atoms with E-state index in [4.69, 9.17) is 0 Å². The van der Waals surface area contributed by atoms with Gasteiger partial charge in [0.15, 0.2) is 4.96 Å². The highest BCUT2D eigenvalue weighted by molar-refractivity contribution is 7.18. The largest absolute Gasteiger partial charge is 0.465 e. The Kier molecular flexibility index (Phi) is 2.56. The Morgan fingerprint density at radius 1 is 1.44 bits per heavy atom. The summed E-state index contributed by atoms with van der Waals surface area (Å²) in [5.41, 5.74) is 1.79. The Morgan fingerprint density at radius 2 is 2.33 bits per heavy atom. The maximum atomic E-state index is 11.4. The second kappa shape index (κ2) is 4.23. The van der Waals surface area contributed by atoms with Crippen molar-refractivity contribution in [1.82, 2.24) is 14.4 Å². The molecule has 0 saturated heterocycles. The van der Waals surface area contributed by atoms with Gasteiger partial charge < -0.3 is 4.74 Å². The zero-order valence-electron chi connectivity index (χ0n) is 9.53. The van der Waals surface area contributed by atoms with E-state index >= 15 is 0 Å². The lowest BCUT2D eigenvalue weighted by Crippen LogP contribution is -1.97. The van der Waals surface area contributed by atoms with Gasteiger partial charge in [0.1, 0.15) is 4.88 Å². The molecule has 5 nitrogen and oxygen atoms in total. The van der Waals surface area contributed by atoms with Gasteiger partial charge in [0.05, 0.1) is 12.8 Å². The van der Waals surface area contributed by atoms with E-state index < -0.39 is 0 Å². The molecule has 3 rings (SSSR count). The van der Waals surface area contributed by atoms with Crippen LogP contribution in [0.25, 0.3) is 16.2 Å². The van der Waals surface area contributed by atoms with Crippen LogP contribution in [0.3, 0.4) is 0 Å². The summed E-state index contributed by atoms with van der Waals surface area (Å²) in [4.78, 5) is 21.2. The van der Waals surface area contributed by atoms with Gasteiger partial charge in [-0.25, -0.2) is 9.78 Å². The Hall–Kier alpha value is -2.21. The predicted molar refractivity (Wildman–Crippen MR) is 67.6 cm³/mol. The molecule has 0 spiro atoms. The van der Waals surface area contributed by atoms with Gasteiger partial charge in [0.25, 0.3) is 0 Å². The van der Waals surface area contributed by atoms with Gasteiger partial charge in [-0.2, -0.15) is 0 Å². The van der Waals surface area contributed by atoms with Crippen LogP contribution >= 0.6 is 11.3 Å². The Morgan fingerprint density at radius 3 is 3.00 bits per heavy atom. The van der Waals surface area contributed by atoms with Crippen LogP contribution in [0.4, 0.5) is 0 Å². The lowest BCUT2D eigenvalue weighted by molar-refractivity contribution is 0.0606. The number of carbonyl (C=O) groups excluding carboxylic acids is 1. The maximum absolute atomic E-state index is 11.4. The van der Waals surface area contributed by atoms with Crippen LogP contribution in [-0.4, -0.2) is 27.4 Å². The van der Waals surface area contributed by atoms with E-state index in [1.165, 1.54) is 18.4 Å². The molecule has 3 heterocycles. The van der Waals surface area contributed by atoms with Crippen LogP contribution in [0.15, 0.2) is 36.9 Å². The van der Waals surface area contributed by atoms with E-state index in [1.54, 1.807) is 18.6 Å². The standard InChI is InChI=1S/C12H9N3O2S/c1-17-11(16)10-7-15-6-9(14-12(15)18-10)8-3-2-4-13-5-8/h2-7H,1H3. The lowest BCUT2D eigenvalue weighted by atomic mass is 10.2. The third-order valence-corrected chi connectivity index (χ3v) is 3.48. The molecule has 90 valence electrons. The van der Waals surface area contributed by atoms with E-state index in [2.05, 4.69) is 14.7 Å². The number of carbonyl (C=O) groups is 1. The number of aromatic nitrogens is 3. The van der Waals surface area contributed by atoms with Gasteiger partial charge in [0, 0.05) is 30.4 Å². The van der Waals surface area contributed by atoms with E-state index in [0.29, 0.717) is 4.88 Å². The zero-order valence-corrected chi connectivity index (χ0v) is 10.3. The van der Waals surface area contributed by atoms with Crippen molar-refractivity contribution in [1.29, 1.82) is 0 Å². The van der Waals surface area contributed by atoms with Gasteiger partial charge in [-0.15, -0.1) is 0 Å². The quantitative estimate of drug-likeness (QED) is 0.662. The molecule has 3 aromatic rings. The van der Waals surface area contributed by atoms with Crippen molar-refractivity contribution < 1.29 is 9.53 Å². The second-order valence-corrected chi connectivity index (χ2v) is 4.65. The Labute approximate surface area is 107 Å². The van der Waals surface area contributed by atoms with Crippen molar-refractivity contribution in [2.45, 2.75) is 0 Å². The lowest BCUT2D eigenvalue weighted by Gasteiger charge is -1.93. The molecule has 0 amide bonds. The van der Waals surface area contributed by atoms with Gasteiger partial charge >= 0.3 is 5.97 Å². The van der Waals surface area contributed by atoms with Crippen molar-refractivity contribution in [3.05, 3.63) is 41.8 Å². The molecular formula is C12H9N3O2S. The van der Waals surface area contributed by atoms with Crippen molar-refractivity contribution in [2.24, 2.45) is 0 Å². The molecule has 0 bridgehead atoms. The smallest absolute Gasteiger partial charge is 0.349 e. The van der Waals surface area contributed by atoms with E-state index in [-0.39, 0.29) is 5.97 Å². The molecule has 0 atom stereocenters. The maximum Gasteiger partial charge on any atom is 0.349 e. The minimum absolute atomic E-state index is 0.339. The summed E-state index contributed by atoms with van der Waals surface area (Å²) in [6.07, 6.45) is 7.07. The van der Waals surface area contributed by atoms with Gasteiger partial charge in [0.2, 0.25) is 0 Å². The molecule has 0 aromatic carbocycles. The van der Waals surface area contributed by atoms with Crippen molar-refractivity contribution in [3.8, 4) is 11.3 Å². The molecule has 0 saturated carbocycles. The topological polar surface area (TPSA) is 56.5 Å². The molecule has 0 aliphatic carbocycles. The molecule has 0 fully saturated rings. The molecule has 0 radical (unpaired) electrons. The highest BCUT2D eigenvalue weighted by Crippen LogP contribution is 2.23. The summed E-state index contributed by atoms with van der Waals surface area (Å²) >= 11 is 1.30. The first-order valence-corrected chi connectivity index (χ1v) is 6.07. The number of pyridine rings is 1. The number of nitrogens with zero attached hydrogens (tertiary/aromatic N) is 3. The van der Waals surface area contributed by atoms with Crippen molar-refractivity contribution in [3.63, 3.8) is 0 Å². The number of imidazole rings is 1. The summed E-state index contributed by atoms with van der Waals surface area (Å²) in [5, 5.41) is 0. The second-order valence-electron chi connectivity index (χ2n) is 3.64. The number of esters is 1. The molecule has 18 heavy (non-hydrogen) atoms. The molecule has 0 aliphatic heterocycles. The number of thiazole rings is 1. The summed E-state index contributed by atoms with van der Waals surface area (Å²) in [5.74, 6) is -0.339. The Balaban J connectivity index is 2.04. The van der Waals surface area contributed by atoms with Crippen molar-refractivity contribution >= 4 is 22.3 Å². The van der Waals surface area contributed by atoms with Crippen molar-refractivity contribution in [2.75, 3.05) is 7.11 Å². The summed E-state index contributed by atoms with van der Waals surface area (Å²) < 4.78 is 6.49. The van der Waals surface area contributed by atoms with Crippen LogP contribution in [0.1, 0.15) is 9.67 Å². The summed E-state index contributed by atoms with van der Waals surface area (Å²) in [6.45, 7) is 0. The predicted octanol–water partition coefficient (Wildman–Crippen LogP) is 2.24. The fraction of sp³-hybridized carbons (Fsp3) is 0.0833.